The highest BCUT2D eigenvalue weighted by Crippen LogP contribution is 2.56. The highest BCUT2D eigenvalue weighted by atomic mass is 79.9. The summed E-state index contributed by atoms with van der Waals surface area (Å²) in [5, 5.41) is 0.851. The van der Waals surface area contributed by atoms with Gasteiger partial charge in [0.1, 0.15) is 5.82 Å². The molecule has 2 aliphatic rings. The molecule has 1 amide bonds. The fourth-order valence-electron chi connectivity index (χ4n) is 4.74. The number of benzene rings is 2. The molecule has 2 heterocycles. The van der Waals surface area contributed by atoms with Gasteiger partial charge in [0.15, 0.2) is 0 Å². The topological polar surface area (TPSA) is 36.4 Å². The Kier molecular flexibility index (Phi) is 3.78. The van der Waals surface area contributed by atoms with Gasteiger partial charge in [-0.2, -0.15) is 0 Å². The molecule has 0 atom stereocenters. The number of hydrogen-bond donors (Lipinski definition) is 0. The van der Waals surface area contributed by atoms with E-state index in [0.717, 1.165) is 35.2 Å². The van der Waals surface area contributed by atoms with Crippen molar-refractivity contribution in [2.45, 2.75) is 24.3 Å². The zero-order valence-corrected chi connectivity index (χ0v) is 17.2. The largest absolute Gasteiger partial charge is 0.372 e. The van der Waals surface area contributed by atoms with Crippen LogP contribution in [0.2, 0.25) is 0 Å². The van der Waals surface area contributed by atoms with Gasteiger partial charge < -0.3 is 9.80 Å². The van der Waals surface area contributed by atoms with Crippen LogP contribution < -0.4 is 9.80 Å². The first-order chi connectivity index (χ1) is 13.4. The van der Waals surface area contributed by atoms with Gasteiger partial charge in [0.05, 0.1) is 27.3 Å². The summed E-state index contributed by atoms with van der Waals surface area (Å²) in [7, 11) is 3.88. The summed E-state index contributed by atoms with van der Waals surface area (Å²) in [4.78, 5) is 21.6. The fourth-order valence-corrected chi connectivity index (χ4v) is 5.09. The maximum Gasteiger partial charge on any atom is 0.237 e. The number of halogens is 2. The molecule has 0 saturated heterocycles. The average molecular weight is 440 g/mol. The molecule has 4 nitrogen and oxygen atoms in total. The van der Waals surface area contributed by atoms with Crippen molar-refractivity contribution in [3.8, 4) is 0 Å². The van der Waals surface area contributed by atoms with Crippen molar-refractivity contribution in [2.24, 2.45) is 0 Å². The molecule has 2 aromatic carbocycles. The van der Waals surface area contributed by atoms with Gasteiger partial charge in [0.25, 0.3) is 0 Å². The Morgan fingerprint density at radius 3 is 2.68 bits per heavy atom. The predicted octanol–water partition coefficient (Wildman–Crippen LogP) is 4.65. The van der Waals surface area contributed by atoms with Crippen LogP contribution >= 0.6 is 15.9 Å². The molecule has 142 valence electrons. The minimum absolute atomic E-state index is 0.106. The number of carbonyl (C=O) groups is 1. The predicted molar refractivity (Wildman–Crippen MR) is 112 cm³/mol. The van der Waals surface area contributed by atoms with Crippen molar-refractivity contribution >= 4 is 44.1 Å². The van der Waals surface area contributed by atoms with Crippen molar-refractivity contribution < 1.29 is 9.18 Å². The zero-order chi connectivity index (χ0) is 19.6. The number of rotatable bonds is 2. The third-order valence-corrected chi connectivity index (χ3v) is 6.93. The van der Waals surface area contributed by atoms with Crippen LogP contribution in [0.1, 0.15) is 18.4 Å². The maximum absolute atomic E-state index is 14.0. The van der Waals surface area contributed by atoms with Crippen LogP contribution in [-0.2, 0) is 10.2 Å². The number of carbonyl (C=O) groups excluding carboxylic acids is 1. The molecule has 1 aliphatic heterocycles. The van der Waals surface area contributed by atoms with E-state index >= 15 is 0 Å². The van der Waals surface area contributed by atoms with Crippen LogP contribution in [0.15, 0.2) is 53.1 Å². The van der Waals surface area contributed by atoms with Crippen LogP contribution in [-0.4, -0.2) is 31.0 Å². The summed E-state index contributed by atoms with van der Waals surface area (Å²) in [6.07, 6.45) is 3.18. The molecule has 1 spiro atoms. The number of pyridine rings is 1. The highest BCUT2D eigenvalue weighted by molar-refractivity contribution is 9.10. The summed E-state index contributed by atoms with van der Waals surface area (Å²) in [6.45, 7) is 0. The van der Waals surface area contributed by atoms with Gasteiger partial charge in [-0.05, 0) is 47.0 Å². The number of para-hydroxylation sites is 1. The van der Waals surface area contributed by atoms with E-state index in [2.05, 4.69) is 45.0 Å². The first-order valence-electron chi connectivity index (χ1n) is 9.27. The van der Waals surface area contributed by atoms with E-state index in [1.54, 1.807) is 24.2 Å². The van der Waals surface area contributed by atoms with Crippen LogP contribution in [0.25, 0.3) is 10.9 Å². The normalized spacial score (nSPS) is 23.2. The molecule has 28 heavy (non-hydrogen) atoms. The van der Waals surface area contributed by atoms with Crippen LogP contribution in [0.3, 0.4) is 0 Å². The number of nitrogens with zero attached hydrogens (tertiary/aromatic N) is 3. The Morgan fingerprint density at radius 1 is 1.25 bits per heavy atom. The van der Waals surface area contributed by atoms with Crippen molar-refractivity contribution in [3.05, 3.63) is 64.5 Å². The SMILES string of the molecule is CN1C(=O)C2(CC(N(C)c3ccccc3)C2)c2c1cnc1cc(F)c(Br)cc21. The van der Waals surface area contributed by atoms with Crippen LogP contribution in [0, 0.1) is 5.82 Å². The minimum atomic E-state index is -0.559. The van der Waals surface area contributed by atoms with Gasteiger partial charge >= 0.3 is 0 Å². The molecular formula is C22H19BrFN3O. The first kappa shape index (κ1) is 17.6. The Balaban J connectivity index is 1.59. The van der Waals surface area contributed by atoms with E-state index in [0.29, 0.717) is 9.99 Å². The van der Waals surface area contributed by atoms with E-state index in [1.807, 2.05) is 18.2 Å². The molecule has 1 aromatic heterocycles. The summed E-state index contributed by atoms with van der Waals surface area (Å²) < 4.78 is 14.4. The third kappa shape index (κ3) is 2.27. The molecule has 1 saturated carbocycles. The van der Waals surface area contributed by atoms with Gasteiger partial charge in [0.2, 0.25) is 5.91 Å². The lowest BCUT2D eigenvalue weighted by molar-refractivity contribution is -0.126. The molecule has 0 radical (unpaired) electrons. The zero-order valence-electron chi connectivity index (χ0n) is 15.6. The minimum Gasteiger partial charge on any atom is -0.372 e. The molecule has 1 fully saturated rings. The fraction of sp³-hybridized carbons (Fsp3) is 0.273. The lowest BCUT2D eigenvalue weighted by atomic mass is 9.61. The van der Waals surface area contributed by atoms with E-state index in [9.17, 15) is 9.18 Å². The Labute approximate surface area is 171 Å². The molecule has 0 N–H and O–H groups in total. The average Bonchev–Trinajstić information content (AvgIpc) is 2.90. The molecular weight excluding hydrogens is 421 g/mol. The van der Waals surface area contributed by atoms with Gasteiger partial charge in [0, 0.05) is 42.8 Å². The van der Waals surface area contributed by atoms with Crippen molar-refractivity contribution in [1.29, 1.82) is 0 Å². The Hall–Kier alpha value is -2.47. The highest BCUT2D eigenvalue weighted by Gasteiger charge is 2.59. The van der Waals surface area contributed by atoms with Gasteiger partial charge in [-0.3, -0.25) is 9.78 Å². The van der Waals surface area contributed by atoms with Gasteiger partial charge in [-0.15, -0.1) is 0 Å². The Bertz CT molecular complexity index is 1110. The lowest BCUT2D eigenvalue weighted by Gasteiger charge is -2.48. The summed E-state index contributed by atoms with van der Waals surface area (Å²) in [5.74, 6) is -0.239. The quantitative estimate of drug-likeness (QED) is 0.582. The summed E-state index contributed by atoms with van der Waals surface area (Å²) in [5.41, 5.74) is 2.99. The number of anilines is 2. The molecule has 0 bridgehead atoms. The van der Waals surface area contributed by atoms with Gasteiger partial charge in [-0.1, -0.05) is 18.2 Å². The molecule has 0 unspecified atom stereocenters. The van der Waals surface area contributed by atoms with Crippen LogP contribution in [0.4, 0.5) is 15.8 Å². The maximum atomic E-state index is 14.0. The van der Waals surface area contributed by atoms with Crippen molar-refractivity contribution in [1.82, 2.24) is 4.98 Å². The number of hydrogen-bond acceptors (Lipinski definition) is 3. The van der Waals surface area contributed by atoms with Crippen molar-refractivity contribution in [2.75, 3.05) is 23.9 Å². The third-order valence-electron chi connectivity index (χ3n) is 6.32. The number of aromatic nitrogens is 1. The monoisotopic (exact) mass is 439 g/mol. The second-order valence-electron chi connectivity index (χ2n) is 7.76. The Morgan fingerprint density at radius 2 is 1.96 bits per heavy atom. The van der Waals surface area contributed by atoms with Crippen LogP contribution in [0.5, 0.6) is 0 Å². The second kappa shape index (κ2) is 6.01. The van der Waals surface area contributed by atoms with E-state index in [4.69, 9.17) is 0 Å². The number of likely N-dealkylation sites (N-methyl/N-ethyl adjacent to an activating group) is 1. The van der Waals surface area contributed by atoms with Gasteiger partial charge in [-0.25, -0.2) is 4.39 Å². The second-order valence-corrected chi connectivity index (χ2v) is 8.61. The molecule has 5 rings (SSSR count). The van der Waals surface area contributed by atoms with E-state index < -0.39 is 5.41 Å². The van der Waals surface area contributed by atoms with Crippen molar-refractivity contribution in [3.63, 3.8) is 0 Å². The van der Waals surface area contributed by atoms with E-state index in [-0.39, 0.29) is 17.8 Å². The summed E-state index contributed by atoms with van der Waals surface area (Å²) >= 11 is 3.29. The smallest absolute Gasteiger partial charge is 0.237 e. The molecule has 6 heteroatoms. The first-order valence-corrected chi connectivity index (χ1v) is 10.1. The number of fused-ring (bicyclic) bond motifs is 4. The summed E-state index contributed by atoms with van der Waals surface area (Å²) in [6, 6.07) is 13.7. The standard InChI is InChI=1S/C22H19BrFN3O/c1-26(13-6-4-3-5-7-13)14-10-22(11-14)20-15-8-16(23)17(24)9-18(15)25-12-19(20)27(2)21(22)28/h3-9,12,14H,10-11H2,1-2H3. The lowest BCUT2D eigenvalue weighted by Crippen LogP contribution is -2.56. The number of amides is 1. The molecule has 1 aliphatic carbocycles. The molecule has 3 aromatic rings. The van der Waals surface area contributed by atoms with E-state index in [1.165, 1.54) is 6.07 Å².